The predicted molar refractivity (Wildman–Crippen MR) is 88.9 cm³/mol. The molecule has 0 N–H and O–H groups in total. The van der Waals surface area contributed by atoms with Crippen LogP contribution in [0.3, 0.4) is 0 Å². The smallest absolute Gasteiger partial charge is 0.231 e. The first-order valence-electron chi connectivity index (χ1n) is 7.77. The zero-order chi connectivity index (χ0) is 15.8. The maximum atomic E-state index is 5.53. The molecule has 0 atom stereocenters. The number of ether oxygens (including phenoxy) is 3. The maximum Gasteiger partial charge on any atom is 0.231 e. The fraction of sp³-hybridized carbons (Fsp3) is 0.333. The number of methoxy groups -OCH3 is 1. The van der Waals surface area contributed by atoms with Crippen LogP contribution in [0.2, 0.25) is 0 Å². The Morgan fingerprint density at radius 1 is 1.00 bits per heavy atom. The highest BCUT2D eigenvalue weighted by Crippen LogP contribution is 2.39. The van der Waals surface area contributed by atoms with Crippen LogP contribution in [0.4, 0.5) is 11.4 Å². The number of likely N-dealkylation sites (N-methyl/N-ethyl adjacent to an activating group) is 1. The fourth-order valence-corrected chi connectivity index (χ4v) is 3.16. The SMILES string of the molecule is COc1ccc2c(c1)CN(C)CCN2c1ccc2c(c1)OCO2. The number of anilines is 2. The van der Waals surface area contributed by atoms with Crippen LogP contribution >= 0.6 is 0 Å². The molecule has 4 rings (SSSR count). The van der Waals surface area contributed by atoms with Gasteiger partial charge in [-0.15, -0.1) is 0 Å². The van der Waals surface area contributed by atoms with E-state index in [9.17, 15) is 0 Å². The van der Waals surface area contributed by atoms with Gasteiger partial charge in [0.05, 0.1) is 7.11 Å². The molecule has 2 aromatic rings. The summed E-state index contributed by atoms with van der Waals surface area (Å²) in [6.07, 6.45) is 0. The zero-order valence-corrected chi connectivity index (χ0v) is 13.4. The van der Waals surface area contributed by atoms with Crippen LogP contribution in [-0.4, -0.2) is 38.9 Å². The Kier molecular flexibility index (Phi) is 3.50. The molecule has 0 saturated carbocycles. The van der Waals surface area contributed by atoms with Gasteiger partial charge in [0.1, 0.15) is 5.75 Å². The minimum Gasteiger partial charge on any atom is -0.497 e. The van der Waals surface area contributed by atoms with E-state index in [4.69, 9.17) is 14.2 Å². The third-order valence-electron chi connectivity index (χ3n) is 4.39. The standard InChI is InChI=1S/C18H20N2O3/c1-19-7-8-20(14-3-6-17-18(10-14)23-12-22-17)16-5-4-15(21-2)9-13(16)11-19/h3-6,9-10H,7-8,11-12H2,1-2H3. The summed E-state index contributed by atoms with van der Waals surface area (Å²) in [6.45, 7) is 3.13. The first kappa shape index (κ1) is 14.2. The number of hydrogen-bond donors (Lipinski definition) is 0. The maximum absolute atomic E-state index is 5.53. The van der Waals surface area contributed by atoms with Crippen LogP contribution in [0.1, 0.15) is 5.56 Å². The Bertz CT molecular complexity index is 732. The molecule has 23 heavy (non-hydrogen) atoms. The third kappa shape index (κ3) is 2.57. The van der Waals surface area contributed by atoms with Gasteiger partial charge in [-0.2, -0.15) is 0 Å². The normalized spacial score (nSPS) is 16.9. The monoisotopic (exact) mass is 312 g/mol. The fourth-order valence-electron chi connectivity index (χ4n) is 3.16. The van der Waals surface area contributed by atoms with Gasteiger partial charge < -0.3 is 24.0 Å². The highest BCUT2D eigenvalue weighted by molar-refractivity contribution is 5.70. The van der Waals surface area contributed by atoms with E-state index < -0.39 is 0 Å². The molecule has 5 nitrogen and oxygen atoms in total. The van der Waals surface area contributed by atoms with E-state index in [2.05, 4.69) is 41.1 Å². The van der Waals surface area contributed by atoms with E-state index in [1.165, 1.54) is 11.3 Å². The Balaban J connectivity index is 1.77. The zero-order valence-electron chi connectivity index (χ0n) is 13.4. The topological polar surface area (TPSA) is 34.2 Å². The summed E-state index contributed by atoms with van der Waals surface area (Å²) in [7, 11) is 3.85. The van der Waals surface area contributed by atoms with Crippen LogP contribution in [0.15, 0.2) is 36.4 Å². The van der Waals surface area contributed by atoms with E-state index in [0.29, 0.717) is 6.79 Å². The van der Waals surface area contributed by atoms with Gasteiger partial charge in [-0.25, -0.2) is 0 Å². The van der Waals surface area contributed by atoms with Crippen molar-refractivity contribution in [1.29, 1.82) is 0 Å². The van der Waals surface area contributed by atoms with Gasteiger partial charge in [0, 0.05) is 37.1 Å². The molecule has 0 bridgehead atoms. The van der Waals surface area contributed by atoms with Crippen LogP contribution in [0.5, 0.6) is 17.2 Å². The van der Waals surface area contributed by atoms with Crippen LogP contribution in [0.25, 0.3) is 0 Å². The van der Waals surface area contributed by atoms with E-state index in [1.54, 1.807) is 7.11 Å². The molecule has 2 aromatic carbocycles. The van der Waals surface area contributed by atoms with Gasteiger partial charge in [-0.3, -0.25) is 0 Å². The molecule has 2 aliphatic heterocycles. The van der Waals surface area contributed by atoms with Crippen molar-refractivity contribution in [2.75, 3.05) is 38.9 Å². The van der Waals surface area contributed by atoms with Crippen LogP contribution < -0.4 is 19.1 Å². The number of benzene rings is 2. The second-order valence-corrected chi connectivity index (χ2v) is 5.92. The lowest BCUT2D eigenvalue weighted by atomic mass is 10.1. The van der Waals surface area contributed by atoms with Crippen molar-refractivity contribution in [3.8, 4) is 17.2 Å². The summed E-state index contributed by atoms with van der Waals surface area (Å²) < 4.78 is 16.3. The largest absolute Gasteiger partial charge is 0.497 e. The molecule has 0 spiro atoms. The summed E-state index contributed by atoms with van der Waals surface area (Å²) >= 11 is 0. The van der Waals surface area contributed by atoms with Crippen molar-refractivity contribution in [1.82, 2.24) is 4.90 Å². The van der Waals surface area contributed by atoms with Crippen LogP contribution in [-0.2, 0) is 6.54 Å². The van der Waals surface area contributed by atoms with Crippen molar-refractivity contribution >= 4 is 11.4 Å². The lowest BCUT2D eigenvalue weighted by molar-refractivity contribution is 0.174. The average Bonchev–Trinajstić information content (AvgIpc) is 2.97. The number of nitrogens with zero attached hydrogens (tertiary/aromatic N) is 2. The van der Waals surface area contributed by atoms with Gasteiger partial charge in [0.25, 0.3) is 0 Å². The molecule has 2 aliphatic rings. The van der Waals surface area contributed by atoms with E-state index >= 15 is 0 Å². The second kappa shape index (κ2) is 5.66. The number of fused-ring (bicyclic) bond motifs is 2. The Hall–Kier alpha value is -2.40. The van der Waals surface area contributed by atoms with Gasteiger partial charge >= 0.3 is 0 Å². The summed E-state index contributed by atoms with van der Waals surface area (Å²) in [6, 6.07) is 12.4. The Morgan fingerprint density at radius 2 is 1.87 bits per heavy atom. The minimum atomic E-state index is 0.301. The molecular formula is C18H20N2O3. The Labute approximate surface area is 136 Å². The number of rotatable bonds is 2. The molecule has 0 fully saturated rings. The lowest BCUT2D eigenvalue weighted by Gasteiger charge is -2.25. The molecule has 0 amide bonds. The third-order valence-corrected chi connectivity index (χ3v) is 4.39. The van der Waals surface area contributed by atoms with Crippen molar-refractivity contribution in [2.24, 2.45) is 0 Å². The lowest BCUT2D eigenvalue weighted by Crippen LogP contribution is -2.26. The van der Waals surface area contributed by atoms with Gasteiger partial charge in [0.15, 0.2) is 11.5 Å². The molecule has 2 heterocycles. The highest BCUT2D eigenvalue weighted by Gasteiger charge is 2.22. The first-order valence-corrected chi connectivity index (χ1v) is 7.77. The van der Waals surface area contributed by atoms with E-state index in [0.717, 1.165) is 42.6 Å². The van der Waals surface area contributed by atoms with Crippen molar-refractivity contribution in [2.45, 2.75) is 6.54 Å². The van der Waals surface area contributed by atoms with Gasteiger partial charge in [-0.05, 0) is 42.9 Å². The van der Waals surface area contributed by atoms with Crippen molar-refractivity contribution in [3.05, 3.63) is 42.0 Å². The van der Waals surface area contributed by atoms with Crippen LogP contribution in [0, 0.1) is 0 Å². The Morgan fingerprint density at radius 3 is 2.74 bits per heavy atom. The molecular weight excluding hydrogens is 292 g/mol. The van der Waals surface area contributed by atoms with Crippen molar-refractivity contribution < 1.29 is 14.2 Å². The summed E-state index contributed by atoms with van der Waals surface area (Å²) in [4.78, 5) is 4.66. The number of hydrogen-bond acceptors (Lipinski definition) is 5. The van der Waals surface area contributed by atoms with E-state index in [1.807, 2.05) is 12.1 Å². The highest BCUT2D eigenvalue weighted by atomic mass is 16.7. The second-order valence-electron chi connectivity index (χ2n) is 5.92. The molecule has 0 unspecified atom stereocenters. The molecule has 0 aromatic heterocycles. The summed E-state index contributed by atoms with van der Waals surface area (Å²) in [5.74, 6) is 2.52. The first-order chi connectivity index (χ1) is 11.2. The van der Waals surface area contributed by atoms with Gasteiger partial charge in [-0.1, -0.05) is 0 Å². The summed E-state index contributed by atoms with van der Waals surface area (Å²) in [5, 5.41) is 0. The molecule has 120 valence electrons. The predicted octanol–water partition coefficient (Wildman–Crippen LogP) is 3.01. The minimum absolute atomic E-state index is 0.301. The average molecular weight is 312 g/mol. The van der Waals surface area contributed by atoms with Gasteiger partial charge in [0.2, 0.25) is 6.79 Å². The quantitative estimate of drug-likeness (QED) is 0.851. The molecule has 0 aliphatic carbocycles. The molecule has 0 radical (unpaired) electrons. The summed E-state index contributed by atoms with van der Waals surface area (Å²) in [5.41, 5.74) is 3.60. The molecule has 0 saturated heterocycles. The molecule has 5 heteroatoms. The van der Waals surface area contributed by atoms with E-state index in [-0.39, 0.29) is 0 Å². The van der Waals surface area contributed by atoms with Crippen molar-refractivity contribution in [3.63, 3.8) is 0 Å².